The standard InChI is InChI=1S/C19H15F2N3O4/c1-2-27-18(26)14-7-10(5-6-22-14)17-24-13-4-3-11(8-15(13)28-17)23-16(25)12-9-19(12,20)21/h3-8,12H,2,9H2,1H3,(H,23,25)/t12-/m0/s1. The SMILES string of the molecule is CCOC(=O)c1cc(-c2nc3ccc(NC(=O)[C@@H]4CC4(F)F)cc3o2)ccn1. The Morgan fingerprint density at radius 2 is 2.11 bits per heavy atom. The summed E-state index contributed by atoms with van der Waals surface area (Å²) in [5, 5.41) is 2.46. The number of oxazole rings is 1. The zero-order chi connectivity index (χ0) is 19.9. The number of rotatable bonds is 5. The van der Waals surface area contributed by atoms with E-state index >= 15 is 0 Å². The molecule has 1 aliphatic rings. The summed E-state index contributed by atoms with van der Waals surface area (Å²) in [6.45, 7) is 1.93. The highest BCUT2D eigenvalue weighted by atomic mass is 19.3. The fraction of sp³-hybridized carbons (Fsp3) is 0.263. The molecule has 1 aromatic carbocycles. The van der Waals surface area contributed by atoms with E-state index in [0.717, 1.165) is 0 Å². The van der Waals surface area contributed by atoms with Gasteiger partial charge in [0, 0.05) is 29.9 Å². The maximum Gasteiger partial charge on any atom is 0.356 e. The van der Waals surface area contributed by atoms with Crippen molar-refractivity contribution >= 4 is 28.7 Å². The zero-order valence-electron chi connectivity index (χ0n) is 14.7. The van der Waals surface area contributed by atoms with Crippen molar-refractivity contribution in [2.24, 2.45) is 5.92 Å². The quantitative estimate of drug-likeness (QED) is 0.672. The van der Waals surface area contributed by atoms with Crippen LogP contribution in [0.15, 0.2) is 40.9 Å². The van der Waals surface area contributed by atoms with E-state index in [1.807, 2.05) is 0 Å². The molecule has 2 aromatic heterocycles. The van der Waals surface area contributed by atoms with Crippen LogP contribution in [-0.2, 0) is 9.53 Å². The first-order chi connectivity index (χ1) is 13.4. The molecular weight excluding hydrogens is 372 g/mol. The van der Waals surface area contributed by atoms with Crippen LogP contribution < -0.4 is 5.32 Å². The van der Waals surface area contributed by atoms with Gasteiger partial charge in [0.2, 0.25) is 11.8 Å². The summed E-state index contributed by atoms with van der Waals surface area (Å²) < 4.78 is 36.6. The molecule has 144 valence electrons. The third-order valence-electron chi connectivity index (χ3n) is 4.29. The van der Waals surface area contributed by atoms with Crippen LogP contribution in [-0.4, -0.2) is 34.4 Å². The van der Waals surface area contributed by atoms with Crippen molar-refractivity contribution in [3.63, 3.8) is 0 Å². The second-order valence-corrected chi connectivity index (χ2v) is 6.36. The number of amides is 1. The van der Waals surface area contributed by atoms with Gasteiger partial charge in [-0.05, 0) is 31.2 Å². The van der Waals surface area contributed by atoms with E-state index in [-0.39, 0.29) is 18.2 Å². The van der Waals surface area contributed by atoms with Crippen LogP contribution in [0.5, 0.6) is 0 Å². The number of carbonyl (C=O) groups excluding carboxylic acids is 2. The molecule has 0 spiro atoms. The van der Waals surface area contributed by atoms with Crippen LogP contribution in [0.3, 0.4) is 0 Å². The van der Waals surface area contributed by atoms with Crippen molar-refractivity contribution in [2.75, 3.05) is 11.9 Å². The van der Waals surface area contributed by atoms with Gasteiger partial charge in [-0.25, -0.2) is 23.5 Å². The number of fused-ring (bicyclic) bond motifs is 1. The van der Waals surface area contributed by atoms with E-state index in [0.29, 0.717) is 22.4 Å². The Morgan fingerprint density at radius 1 is 1.32 bits per heavy atom. The summed E-state index contributed by atoms with van der Waals surface area (Å²) >= 11 is 0. The lowest BCUT2D eigenvalue weighted by molar-refractivity contribution is -0.119. The summed E-state index contributed by atoms with van der Waals surface area (Å²) in [6.07, 6.45) is 1.01. The van der Waals surface area contributed by atoms with E-state index in [2.05, 4.69) is 15.3 Å². The summed E-state index contributed by atoms with van der Waals surface area (Å²) in [6, 6.07) is 7.81. The van der Waals surface area contributed by atoms with Gasteiger partial charge in [0.15, 0.2) is 5.58 Å². The molecule has 0 saturated heterocycles. The number of pyridine rings is 1. The number of hydrogen-bond donors (Lipinski definition) is 1. The smallest absolute Gasteiger partial charge is 0.356 e. The number of ether oxygens (including phenoxy) is 1. The van der Waals surface area contributed by atoms with Crippen molar-refractivity contribution in [1.29, 1.82) is 0 Å². The molecule has 4 rings (SSSR count). The molecule has 1 fully saturated rings. The van der Waals surface area contributed by atoms with E-state index < -0.39 is 30.1 Å². The van der Waals surface area contributed by atoms with Crippen molar-refractivity contribution in [1.82, 2.24) is 9.97 Å². The molecule has 1 amide bonds. The van der Waals surface area contributed by atoms with Gasteiger partial charge in [0.1, 0.15) is 17.1 Å². The summed E-state index contributed by atoms with van der Waals surface area (Å²) in [5.74, 6) is -5.24. The third kappa shape index (κ3) is 3.42. The van der Waals surface area contributed by atoms with Gasteiger partial charge in [-0.15, -0.1) is 0 Å². The Kier molecular flexibility index (Phi) is 4.29. The monoisotopic (exact) mass is 387 g/mol. The van der Waals surface area contributed by atoms with Crippen LogP contribution in [0.4, 0.5) is 14.5 Å². The lowest BCUT2D eigenvalue weighted by atomic mass is 10.2. The van der Waals surface area contributed by atoms with Crippen molar-refractivity contribution in [2.45, 2.75) is 19.3 Å². The molecule has 28 heavy (non-hydrogen) atoms. The highest BCUT2D eigenvalue weighted by Gasteiger charge is 2.61. The van der Waals surface area contributed by atoms with E-state index in [1.165, 1.54) is 18.3 Å². The minimum Gasteiger partial charge on any atom is -0.461 e. The number of nitrogens with zero attached hydrogens (tertiary/aromatic N) is 2. The van der Waals surface area contributed by atoms with Gasteiger partial charge in [0.25, 0.3) is 5.92 Å². The van der Waals surface area contributed by atoms with Crippen LogP contribution in [0.25, 0.3) is 22.6 Å². The number of carbonyl (C=O) groups is 2. The highest BCUT2D eigenvalue weighted by Crippen LogP contribution is 2.49. The molecule has 3 aromatic rings. The average molecular weight is 387 g/mol. The van der Waals surface area contributed by atoms with E-state index in [1.54, 1.807) is 25.1 Å². The fourth-order valence-electron chi connectivity index (χ4n) is 2.73. The fourth-order valence-corrected chi connectivity index (χ4v) is 2.73. The van der Waals surface area contributed by atoms with Crippen molar-refractivity contribution < 1.29 is 27.5 Å². The molecule has 1 aliphatic carbocycles. The lowest BCUT2D eigenvalue weighted by Crippen LogP contribution is -2.17. The molecule has 1 atom stereocenters. The Labute approximate surface area is 157 Å². The van der Waals surface area contributed by atoms with Gasteiger partial charge in [-0.1, -0.05) is 0 Å². The van der Waals surface area contributed by atoms with Gasteiger partial charge in [-0.3, -0.25) is 4.79 Å². The molecule has 2 heterocycles. The van der Waals surface area contributed by atoms with Crippen molar-refractivity contribution in [3.05, 3.63) is 42.2 Å². The number of aromatic nitrogens is 2. The molecular formula is C19H15F2N3O4. The first-order valence-electron chi connectivity index (χ1n) is 8.60. The first kappa shape index (κ1) is 18.0. The predicted octanol–water partition coefficient (Wildman–Crippen LogP) is 3.66. The molecule has 9 heteroatoms. The molecule has 0 unspecified atom stereocenters. The average Bonchev–Trinajstić information content (AvgIpc) is 3.12. The summed E-state index contributed by atoms with van der Waals surface area (Å²) in [7, 11) is 0. The van der Waals surface area contributed by atoms with Gasteiger partial charge in [-0.2, -0.15) is 0 Å². The zero-order valence-corrected chi connectivity index (χ0v) is 14.7. The van der Waals surface area contributed by atoms with Crippen LogP contribution in [0.1, 0.15) is 23.8 Å². The Hall–Kier alpha value is -3.36. The van der Waals surface area contributed by atoms with Gasteiger partial charge >= 0.3 is 5.97 Å². The second-order valence-electron chi connectivity index (χ2n) is 6.36. The number of hydrogen-bond acceptors (Lipinski definition) is 6. The minimum atomic E-state index is -2.93. The Morgan fingerprint density at radius 3 is 2.82 bits per heavy atom. The second kappa shape index (κ2) is 6.66. The molecule has 0 radical (unpaired) electrons. The molecule has 1 saturated carbocycles. The van der Waals surface area contributed by atoms with Gasteiger partial charge < -0.3 is 14.5 Å². The maximum atomic E-state index is 13.0. The third-order valence-corrected chi connectivity index (χ3v) is 4.29. The highest BCUT2D eigenvalue weighted by molar-refractivity contribution is 5.96. The number of esters is 1. The van der Waals surface area contributed by atoms with Crippen LogP contribution >= 0.6 is 0 Å². The number of alkyl halides is 2. The molecule has 1 N–H and O–H groups in total. The largest absolute Gasteiger partial charge is 0.461 e. The summed E-state index contributed by atoms with van der Waals surface area (Å²) in [5.41, 5.74) is 1.87. The van der Waals surface area contributed by atoms with Gasteiger partial charge in [0.05, 0.1) is 6.61 Å². The van der Waals surface area contributed by atoms with Crippen molar-refractivity contribution in [3.8, 4) is 11.5 Å². The minimum absolute atomic E-state index is 0.125. The molecule has 0 bridgehead atoms. The molecule has 7 nitrogen and oxygen atoms in total. The predicted molar refractivity (Wildman–Crippen MR) is 94.9 cm³/mol. The first-order valence-corrected chi connectivity index (χ1v) is 8.60. The van der Waals surface area contributed by atoms with E-state index in [9.17, 15) is 18.4 Å². The van der Waals surface area contributed by atoms with Crippen LogP contribution in [0, 0.1) is 5.92 Å². The Balaban J connectivity index is 1.58. The maximum absolute atomic E-state index is 13.0. The van der Waals surface area contributed by atoms with Crippen LogP contribution in [0.2, 0.25) is 0 Å². The number of halogens is 2. The Bertz CT molecular complexity index is 1080. The summed E-state index contributed by atoms with van der Waals surface area (Å²) in [4.78, 5) is 32.0. The molecule has 0 aliphatic heterocycles. The normalized spacial score (nSPS) is 17.3. The lowest BCUT2D eigenvalue weighted by Gasteiger charge is -2.03. The van der Waals surface area contributed by atoms with E-state index in [4.69, 9.17) is 9.15 Å². The topological polar surface area (TPSA) is 94.3 Å². The number of benzene rings is 1. The number of nitrogens with one attached hydrogen (secondary N) is 1. The number of anilines is 1.